The van der Waals surface area contributed by atoms with E-state index < -0.39 is 11.2 Å². The number of hydrogen-bond donors (Lipinski definition) is 0. The van der Waals surface area contributed by atoms with Crippen LogP contribution in [0.5, 0.6) is 0 Å². The summed E-state index contributed by atoms with van der Waals surface area (Å²) in [6, 6.07) is 6.94. The van der Waals surface area contributed by atoms with E-state index in [2.05, 4.69) is 4.98 Å². The predicted molar refractivity (Wildman–Crippen MR) is 104 cm³/mol. The zero-order valence-electron chi connectivity index (χ0n) is 15.5. The Balaban J connectivity index is 2.28. The summed E-state index contributed by atoms with van der Waals surface area (Å²) in [6.07, 6.45) is 0.912. The Labute approximate surface area is 160 Å². The maximum atomic E-state index is 13.1. The number of ketones is 1. The largest absolute Gasteiger partial charge is 0.333 e. The van der Waals surface area contributed by atoms with Gasteiger partial charge < -0.3 is 4.57 Å². The summed E-state index contributed by atoms with van der Waals surface area (Å²) < 4.78 is 4.15. The van der Waals surface area contributed by atoms with Gasteiger partial charge in [-0.2, -0.15) is 0 Å². The normalized spacial score (nSPS) is 11.3. The van der Waals surface area contributed by atoms with E-state index >= 15 is 0 Å². The molecule has 0 atom stereocenters. The van der Waals surface area contributed by atoms with Crippen LogP contribution in [-0.2, 0) is 31.4 Å². The summed E-state index contributed by atoms with van der Waals surface area (Å²) in [6.45, 7) is 3.65. The zero-order chi connectivity index (χ0) is 19.7. The Kier molecular flexibility index (Phi) is 5.32. The molecule has 0 saturated carbocycles. The van der Waals surface area contributed by atoms with Crippen LogP contribution in [0.2, 0.25) is 5.02 Å². The van der Waals surface area contributed by atoms with E-state index in [9.17, 15) is 14.4 Å². The lowest BCUT2D eigenvalue weighted by Gasteiger charge is -2.11. The molecule has 0 aliphatic heterocycles. The Morgan fingerprint density at radius 1 is 1.11 bits per heavy atom. The van der Waals surface area contributed by atoms with Crippen molar-refractivity contribution < 1.29 is 4.79 Å². The third kappa shape index (κ3) is 3.47. The van der Waals surface area contributed by atoms with Gasteiger partial charge in [0.15, 0.2) is 16.9 Å². The summed E-state index contributed by atoms with van der Waals surface area (Å²) in [5.41, 5.74) is 0.400. The van der Waals surface area contributed by atoms with Crippen molar-refractivity contribution in [1.82, 2.24) is 18.7 Å². The fourth-order valence-corrected chi connectivity index (χ4v) is 3.19. The van der Waals surface area contributed by atoms with Gasteiger partial charge in [-0.05, 0) is 17.7 Å². The fourth-order valence-electron chi connectivity index (χ4n) is 3.07. The van der Waals surface area contributed by atoms with Crippen LogP contribution in [0.15, 0.2) is 33.9 Å². The number of aryl methyl sites for hydroxylation is 2. The van der Waals surface area contributed by atoms with Crippen LogP contribution in [-0.4, -0.2) is 24.5 Å². The molecule has 0 saturated heterocycles. The zero-order valence-corrected chi connectivity index (χ0v) is 16.3. The van der Waals surface area contributed by atoms with Gasteiger partial charge in [-0.3, -0.25) is 18.7 Å². The van der Waals surface area contributed by atoms with Crippen LogP contribution >= 0.6 is 11.6 Å². The average molecular weight is 389 g/mol. The number of carbonyl (C=O) groups is 1. The van der Waals surface area contributed by atoms with Gasteiger partial charge in [0.1, 0.15) is 5.82 Å². The number of aromatic nitrogens is 4. The first-order valence-electron chi connectivity index (χ1n) is 8.82. The van der Waals surface area contributed by atoms with Gasteiger partial charge in [-0.1, -0.05) is 37.6 Å². The van der Waals surface area contributed by atoms with E-state index in [1.54, 1.807) is 42.8 Å². The van der Waals surface area contributed by atoms with Crippen LogP contribution in [0.4, 0.5) is 0 Å². The average Bonchev–Trinajstić information content (AvgIpc) is 3.00. The van der Waals surface area contributed by atoms with Crippen molar-refractivity contribution in [3.8, 4) is 0 Å². The van der Waals surface area contributed by atoms with E-state index in [-0.39, 0.29) is 24.5 Å². The Bertz CT molecular complexity index is 1120. The lowest BCUT2D eigenvalue weighted by Crippen LogP contribution is -2.41. The van der Waals surface area contributed by atoms with Crippen molar-refractivity contribution in [1.29, 1.82) is 0 Å². The molecular weight excluding hydrogens is 368 g/mol. The minimum absolute atomic E-state index is 0.0950. The lowest BCUT2D eigenvalue weighted by molar-refractivity contribution is -0.119. The second-order valence-corrected chi connectivity index (χ2v) is 6.83. The third-order valence-corrected chi connectivity index (χ3v) is 4.89. The number of carbonyl (C=O) groups excluding carboxylic acids is 1. The molecule has 1 aromatic carbocycles. The van der Waals surface area contributed by atoms with Gasteiger partial charge in [-0.15, -0.1) is 0 Å². The Morgan fingerprint density at radius 2 is 1.78 bits per heavy atom. The summed E-state index contributed by atoms with van der Waals surface area (Å²) in [7, 11) is 1.75. The molecule has 2 aromatic heterocycles. The number of hydrogen-bond acceptors (Lipinski definition) is 4. The van der Waals surface area contributed by atoms with E-state index in [1.165, 1.54) is 4.57 Å². The number of halogens is 1. The first kappa shape index (κ1) is 19.1. The van der Waals surface area contributed by atoms with Gasteiger partial charge >= 0.3 is 5.69 Å². The van der Waals surface area contributed by atoms with Gasteiger partial charge in [0.2, 0.25) is 0 Å². The van der Waals surface area contributed by atoms with Crippen molar-refractivity contribution in [3.05, 3.63) is 61.5 Å². The molecule has 3 rings (SSSR count). The molecule has 7 nitrogen and oxygen atoms in total. The number of fused-ring (bicyclic) bond motifs is 1. The highest BCUT2D eigenvalue weighted by molar-refractivity contribution is 6.30. The first-order chi connectivity index (χ1) is 12.9. The Morgan fingerprint density at radius 3 is 2.37 bits per heavy atom. The summed E-state index contributed by atoms with van der Waals surface area (Å²) in [5.74, 6) is 0.585. The molecule has 3 aromatic rings. The Hall–Kier alpha value is -2.67. The quantitative estimate of drug-likeness (QED) is 0.648. The van der Waals surface area contributed by atoms with Gasteiger partial charge in [-0.25, -0.2) is 9.78 Å². The van der Waals surface area contributed by atoms with E-state index in [0.717, 1.165) is 10.1 Å². The van der Waals surface area contributed by atoms with Crippen LogP contribution in [0.3, 0.4) is 0 Å². The molecule has 0 unspecified atom stereocenters. The SMILES string of the molecule is CCC(=O)Cn1c(=O)n(Cc2ccc(Cl)cc2)c(=O)c2c1nc(CC)n2C. The van der Waals surface area contributed by atoms with E-state index in [0.29, 0.717) is 29.2 Å². The van der Waals surface area contributed by atoms with Crippen molar-refractivity contribution in [3.63, 3.8) is 0 Å². The molecule has 0 radical (unpaired) electrons. The van der Waals surface area contributed by atoms with E-state index in [4.69, 9.17) is 11.6 Å². The van der Waals surface area contributed by atoms with Crippen molar-refractivity contribution >= 4 is 28.5 Å². The molecule has 27 heavy (non-hydrogen) atoms. The molecule has 0 amide bonds. The highest BCUT2D eigenvalue weighted by Gasteiger charge is 2.20. The molecule has 0 spiro atoms. The number of Topliss-reactive ketones (excluding diaryl/α,β-unsaturated/α-hetero) is 1. The van der Waals surface area contributed by atoms with Gasteiger partial charge in [0.25, 0.3) is 5.56 Å². The van der Waals surface area contributed by atoms with Crippen LogP contribution in [0.1, 0.15) is 31.7 Å². The molecule has 0 bridgehead atoms. The molecule has 142 valence electrons. The lowest BCUT2D eigenvalue weighted by atomic mass is 10.2. The molecular formula is C19H21ClN4O3. The molecule has 0 fully saturated rings. The molecule has 0 aliphatic rings. The maximum absolute atomic E-state index is 13.1. The van der Waals surface area contributed by atoms with Crippen molar-refractivity contribution in [2.45, 2.75) is 39.8 Å². The van der Waals surface area contributed by atoms with Gasteiger partial charge in [0, 0.05) is 24.9 Å². The van der Waals surface area contributed by atoms with Crippen LogP contribution in [0, 0.1) is 0 Å². The number of rotatable bonds is 6. The first-order valence-corrected chi connectivity index (χ1v) is 9.20. The predicted octanol–water partition coefficient (Wildman–Crippen LogP) is 2.14. The molecule has 0 N–H and O–H groups in total. The van der Waals surface area contributed by atoms with E-state index in [1.807, 2.05) is 6.92 Å². The highest BCUT2D eigenvalue weighted by Crippen LogP contribution is 2.13. The fraction of sp³-hybridized carbons (Fsp3) is 0.368. The highest BCUT2D eigenvalue weighted by atomic mass is 35.5. The smallest absolute Gasteiger partial charge is 0.325 e. The minimum Gasteiger partial charge on any atom is -0.325 e. The second kappa shape index (κ2) is 7.52. The topological polar surface area (TPSA) is 78.9 Å². The summed E-state index contributed by atoms with van der Waals surface area (Å²) >= 11 is 5.91. The van der Waals surface area contributed by atoms with Crippen LogP contribution < -0.4 is 11.2 Å². The maximum Gasteiger partial charge on any atom is 0.333 e. The summed E-state index contributed by atoms with van der Waals surface area (Å²) in [5, 5.41) is 0.576. The number of nitrogens with zero attached hydrogens (tertiary/aromatic N) is 4. The third-order valence-electron chi connectivity index (χ3n) is 4.63. The number of benzene rings is 1. The number of imidazole rings is 1. The molecule has 2 heterocycles. The standard InChI is InChI=1S/C19H21ClN4O3/c1-4-14(25)11-23-17-16(22(3)15(5-2)21-17)18(26)24(19(23)27)10-12-6-8-13(20)9-7-12/h6-9H,4-5,10-11H2,1-3H3. The summed E-state index contributed by atoms with van der Waals surface area (Å²) in [4.78, 5) is 42.6. The van der Waals surface area contributed by atoms with Crippen molar-refractivity contribution in [2.24, 2.45) is 7.05 Å². The van der Waals surface area contributed by atoms with Gasteiger partial charge in [0.05, 0.1) is 13.1 Å². The minimum atomic E-state index is -0.537. The molecule has 8 heteroatoms. The van der Waals surface area contributed by atoms with Crippen molar-refractivity contribution in [2.75, 3.05) is 0 Å². The second-order valence-electron chi connectivity index (χ2n) is 6.39. The monoisotopic (exact) mass is 388 g/mol. The van der Waals surface area contributed by atoms with Crippen LogP contribution in [0.25, 0.3) is 11.2 Å². The molecule has 0 aliphatic carbocycles.